The number of nitrogens with one attached hydrogen (secondary N) is 2. The molecule has 1 rings (SSSR count). The average molecular weight is 449 g/mol. The number of guanidine groups is 1. The van der Waals surface area contributed by atoms with Crippen LogP contribution >= 0.6 is 24.0 Å². The lowest BCUT2D eigenvalue weighted by Gasteiger charge is -2.16. The number of rotatable bonds is 10. The van der Waals surface area contributed by atoms with Crippen molar-refractivity contribution >= 4 is 29.9 Å². The summed E-state index contributed by atoms with van der Waals surface area (Å²) in [5.41, 5.74) is 1.11. The molecule has 0 radical (unpaired) electrons. The minimum absolute atomic E-state index is 0. The second kappa shape index (κ2) is 14.5. The van der Waals surface area contributed by atoms with Gasteiger partial charge in [0.2, 0.25) is 0 Å². The van der Waals surface area contributed by atoms with Crippen LogP contribution in [0.25, 0.3) is 0 Å². The van der Waals surface area contributed by atoms with E-state index in [9.17, 15) is 5.11 Å². The van der Waals surface area contributed by atoms with Gasteiger partial charge in [-0.1, -0.05) is 43.7 Å². The van der Waals surface area contributed by atoms with E-state index in [2.05, 4.69) is 22.5 Å². The zero-order valence-electron chi connectivity index (χ0n) is 15.0. The number of aliphatic imine (C=N–C) groups is 1. The normalized spacial score (nSPS) is 13.8. The van der Waals surface area contributed by atoms with Gasteiger partial charge in [-0.15, -0.1) is 24.0 Å². The van der Waals surface area contributed by atoms with Gasteiger partial charge in [0.1, 0.15) is 0 Å². The van der Waals surface area contributed by atoms with Gasteiger partial charge in [0.15, 0.2) is 5.96 Å². The van der Waals surface area contributed by atoms with Crippen LogP contribution in [0.1, 0.15) is 45.3 Å². The molecule has 0 bridgehead atoms. The third kappa shape index (κ3) is 10.1. The van der Waals surface area contributed by atoms with E-state index in [0.29, 0.717) is 6.54 Å². The molecule has 0 amide bonds. The van der Waals surface area contributed by atoms with Crippen LogP contribution in [0.2, 0.25) is 0 Å². The van der Waals surface area contributed by atoms with Gasteiger partial charge in [0, 0.05) is 13.1 Å². The van der Waals surface area contributed by atoms with Crippen LogP contribution in [0.4, 0.5) is 0 Å². The van der Waals surface area contributed by atoms with Gasteiger partial charge in [0.05, 0.1) is 25.4 Å². The largest absolute Gasteiger partial charge is 0.389 e. The number of ether oxygens (including phenoxy) is 1. The summed E-state index contributed by atoms with van der Waals surface area (Å²) in [6, 6.07) is 10.0. The lowest BCUT2D eigenvalue weighted by atomic mass is 10.1. The number of aliphatic hydroxyl groups excluding tert-OH is 1. The molecule has 0 fully saturated rings. The van der Waals surface area contributed by atoms with Gasteiger partial charge >= 0.3 is 0 Å². The second-order valence-electron chi connectivity index (χ2n) is 5.54. The Labute approximate surface area is 163 Å². The summed E-state index contributed by atoms with van der Waals surface area (Å²) in [5.74, 6) is 0.746. The molecule has 0 heterocycles. The zero-order chi connectivity index (χ0) is 16.9. The van der Waals surface area contributed by atoms with Crippen LogP contribution in [0.3, 0.4) is 0 Å². The molecule has 5 nitrogen and oxygen atoms in total. The Bertz CT molecular complexity index is 443. The molecule has 0 spiro atoms. The second-order valence-corrected chi connectivity index (χ2v) is 5.54. The van der Waals surface area contributed by atoms with E-state index in [1.54, 1.807) is 0 Å². The molecule has 0 aromatic heterocycles. The number of benzene rings is 1. The van der Waals surface area contributed by atoms with E-state index in [1.807, 2.05) is 44.2 Å². The van der Waals surface area contributed by atoms with Gasteiger partial charge in [-0.3, -0.25) is 4.99 Å². The van der Waals surface area contributed by atoms with E-state index < -0.39 is 6.10 Å². The van der Waals surface area contributed by atoms with Crippen molar-refractivity contribution in [1.82, 2.24) is 10.6 Å². The number of nitrogens with zero attached hydrogens (tertiary/aromatic N) is 1. The van der Waals surface area contributed by atoms with Crippen molar-refractivity contribution in [3.8, 4) is 0 Å². The van der Waals surface area contributed by atoms with E-state index in [1.165, 1.54) is 0 Å². The third-order valence-corrected chi connectivity index (χ3v) is 3.43. The number of hydrogen-bond acceptors (Lipinski definition) is 3. The molecule has 0 saturated carbocycles. The number of halogens is 1. The SMILES string of the molecule is CCCCNC(=NCC(O)COC(C)c1ccccc1)NCC.I. The highest BCUT2D eigenvalue weighted by Crippen LogP contribution is 2.15. The first-order valence-electron chi connectivity index (χ1n) is 8.54. The number of unbranched alkanes of at least 4 members (excludes halogenated alkanes) is 1. The van der Waals surface area contributed by atoms with Crippen LogP contribution in [-0.4, -0.2) is 43.4 Å². The first-order valence-corrected chi connectivity index (χ1v) is 8.54. The predicted octanol–water partition coefficient (Wildman–Crippen LogP) is 3.10. The Morgan fingerprint density at radius 3 is 2.54 bits per heavy atom. The van der Waals surface area contributed by atoms with E-state index in [0.717, 1.165) is 37.5 Å². The van der Waals surface area contributed by atoms with Crippen molar-refractivity contribution < 1.29 is 9.84 Å². The van der Waals surface area contributed by atoms with Gasteiger partial charge in [0.25, 0.3) is 0 Å². The first kappa shape index (κ1) is 23.1. The van der Waals surface area contributed by atoms with Crippen molar-refractivity contribution in [2.24, 2.45) is 4.99 Å². The summed E-state index contributed by atoms with van der Waals surface area (Å²) in [6.07, 6.45) is 1.60. The molecule has 1 aromatic carbocycles. The summed E-state index contributed by atoms with van der Waals surface area (Å²) in [5, 5.41) is 16.5. The first-order chi connectivity index (χ1) is 11.2. The maximum absolute atomic E-state index is 10.0. The Balaban J connectivity index is 0.00000529. The Hall–Kier alpha value is -0.860. The zero-order valence-corrected chi connectivity index (χ0v) is 17.3. The topological polar surface area (TPSA) is 65.9 Å². The standard InChI is InChI=1S/C18H31N3O2.HI/c1-4-6-12-20-18(19-5-2)21-13-17(22)14-23-15(3)16-10-8-7-9-11-16;/h7-11,15,17,22H,4-6,12-14H2,1-3H3,(H2,19,20,21);1H. The van der Waals surface area contributed by atoms with Crippen LogP contribution < -0.4 is 10.6 Å². The Kier molecular flexibility index (Phi) is 14.0. The lowest BCUT2D eigenvalue weighted by Crippen LogP contribution is -2.38. The van der Waals surface area contributed by atoms with Crippen LogP contribution in [-0.2, 0) is 4.74 Å². The van der Waals surface area contributed by atoms with Crippen molar-refractivity contribution in [2.75, 3.05) is 26.2 Å². The van der Waals surface area contributed by atoms with Crippen molar-refractivity contribution in [3.05, 3.63) is 35.9 Å². The van der Waals surface area contributed by atoms with Crippen LogP contribution in [0, 0.1) is 0 Å². The monoisotopic (exact) mass is 449 g/mol. The number of aliphatic hydroxyl groups is 1. The molecule has 1 aromatic rings. The molecular formula is C18H32IN3O2. The number of hydrogen-bond donors (Lipinski definition) is 3. The van der Waals surface area contributed by atoms with Crippen molar-refractivity contribution in [1.29, 1.82) is 0 Å². The highest BCUT2D eigenvalue weighted by Gasteiger charge is 2.09. The van der Waals surface area contributed by atoms with Crippen molar-refractivity contribution in [3.63, 3.8) is 0 Å². The van der Waals surface area contributed by atoms with E-state index in [4.69, 9.17) is 4.74 Å². The minimum atomic E-state index is -0.609. The molecule has 0 aliphatic heterocycles. The highest BCUT2D eigenvalue weighted by atomic mass is 127. The summed E-state index contributed by atoms with van der Waals surface area (Å²) in [4.78, 5) is 4.40. The van der Waals surface area contributed by atoms with Gasteiger partial charge in [-0.2, -0.15) is 0 Å². The fourth-order valence-electron chi connectivity index (χ4n) is 2.05. The predicted molar refractivity (Wildman–Crippen MR) is 111 cm³/mol. The fraction of sp³-hybridized carbons (Fsp3) is 0.611. The van der Waals surface area contributed by atoms with Gasteiger partial charge in [-0.25, -0.2) is 0 Å². The molecule has 6 heteroatoms. The molecular weight excluding hydrogens is 417 g/mol. The average Bonchev–Trinajstić information content (AvgIpc) is 2.58. The molecule has 138 valence electrons. The van der Waals surface area contributed by atoms with Crippen LogP contribution in [0.5, 0.6) is 0 Å². The smallest absolute Gasteiger partial charge is 0.191 e. The summed E-state index contributed by atoms with van der Waals surface area (Å²) in [7, 11) is 0. The van der Waals surface area contributed by atoms with Gasteiger partial charge < -0.3 is 20.5 Å². The summed E-state index contributed by atoms with van der Waals surface area (Å²) < 4.78 is 5.72. The van der Waals surface area contributed by atoms with Crippen LogP contribution in [0.15, 0.2) is 35.3 Å². The minimum Gasteiger partial charge on any atom is -0.389 e. The van der Waals surface area contributed by atoms with E-state index in [-0.39, 0.29) is 36.7 Å². The third-order valence-electron chi connectivity index (χ3n) is 3.43. The Morgan fingerprint density at radius 2 is 1.92 bits per heavy atom. The molecule has 24 heavy (non-hydrogen) atoms. The molecule has 0 aliphatic rings. The molecule has 0 aliphatic carbocycles. The summed E-state index contributed by atoms with van der Waals surface area (Å²) >= 11 is 0. The summed E-state index contributed by atoms with van der Waals surface area (Å²) in [6.45, 7) is 8.45. The fourth-order valence-corrected chi connectivity index (χ4v) is 2.05. The quantitative estimate of drug-likeness (QED) is 0.222. The molecule has 2 atom stereocenters. The molecule has 3 N–H and O–H groups in total. The molecule has 0 saturated heterocycles. The maximum Gasteiger partial charge on any atom is 0.191 e. The van der Waals surface area contributed by atoms with Gasteiger partial charge in [-0.05, 0) is 25.8 Å². The molecule has 2 unspecified atom stereocenters. The maximum atomic E-state index is 10.0. The lowest BCUT2D eigenvalue weighted by molar-refractivity contribution is 0.00111. The highest BCUT2D eigenvalue weighted by molar-refractivity contribution is 14.0. The van der Waals surface area contributed by atoms with Crippen molar-refractivity contribution in [2.45, 2.75) is 45.8 Å². The Morgan fingerprint density at radius 1 is 1.21 bits per heavy atom. The van der Waals surface area contributed by atoms with E-state index >= 15 is 0 Å².